The minimum Gasteiger partial charge on any atom is -0.302 e. The molecule has 0 spiro atoms. The van der Waals surface area contributed by atoms with E-state index < -0.39 is 0 Å². The smallest absolute Gasteiger partial charge is 0.166 e. The van der Waals surface area contributed by atoms with Gasteiger partial charge in [-0.2, -0.15) is 0 Å². The van der Waals surface area contributed by atoms with E-state index in [0.29, 0.717) is 11.5 Å². The van der Waals surface area contributed by atoms with Crippen LogP contribution in [-0.4, -0.2) is 54.9 Å². The molecule has 3 aromatic carbocycles. The molecule has 0 unspecified atom stereocenters. The van der Waals surface area contributed by atoms with Gasteiger partial charge in [-0.15, -0.1) is 0 Å². The minimum absolute atomic E-state index is 0.0160. The van der Waals surface area contributed by atoms with Crippen molar-refractivity contribution in [2.75, 3.05) is 39.3 Å². The largest absolute Gasteiger partial charge is 0.302 e. The summed E-state index contributed by atoms with van der Waals surface area (Å²) in [5.74, 6) is -0.130. The minimum atomic E-state index is -0.318. The van der Waals surface area contributed by atoms with Crippen molar-refractivity contribution < 1.29 is 18.0 Å². The summed E-state index contributed by atoms with van der Waals surface area (Å²) in [7, 11) is 0. The molecule has 2 fully saturated rings. The molecule has 3 nitrogen and oxygen atoms in total. The third-order valence-electron chi connectivity index (χ3n) is 8.38. The molecule has 0 saturated carbocycles. The highest BCUT2D eigenvalue weighted by molar-refractivity contribution is 5.97. The van der Waals surface area contributed by atoms with Gasteiger partial charge in [0.05, 0.1) is 0 Å². The van der Waals surface area contributed by atoms with E-state index in [1.54, 1.807) is 12.1 Å². The number of likely N-dealkylation sites (tertiary alicyclic amines) is 2. The van der Waals surface area contributed by atoms with Crippen LogP contribution in [0.1, 0.15) is 53.1 Å². The Morgan fingerprint density at radius 3 is 1.47 bits per heavy atom. The van der Waals surface area contributed by atoms with E-state index in [0.717, 1.165) is 76.1 Å². The Kier molecular flexibility index (Phi) is 8.60. The Morgan fingerprint density at radius 2 is 1.03 bits per heavy atom. The molecule has 0 aromatic heterocycles. The van der Waals surface area contributed by atoms with Crippen molar-refractivity contribution in [1.82, 2.24) is 9.80 Å². The van der Waals surface area contributed by atoms with Gasteiger partial charge in [0.15, 0.2) is 5.78 Å². The van der Waals surface area contributed by atoms with Crippen LogP contribution in [-0.2, 0) is 0 Å². The van der Waals surface area contributed by atoms with Crippen LogP contribution in [0.5, 0.6) is 0 Å². The summed E-state index contributed by atoms with van der Waals surface area (Å²) >= 11 is 0. The van der Waals surface area contributed by atoms with Crippen LogP contribution < -0.4 is 0 Å². The van der Waals surface area contributed by atoms with Crippen LogP contribution in [0.4, 0.5) is 13.2 Å². The lowest BCUT2D eigenvalue weighted by Crippen LogP contribution is -2.43. The lowest BCUT2D eigenvalue weighted by Gasteiger charge is -2.38. The molecule has 38 heavy (non-hydrogen) atoms. The molecule has 5 rings (SSSR count). The number of Topliss-reactive ketones (excluding diaryl/α,β-unsaturated/α-hetero) is 1. The van der Waals surface area contributed by atoms with Gasteiger partial charge in [-0.05, 0) is 117 Å². The first-order chi connectivity index (χ1) is 18.5. The van der Waals surface area contributed by atoms with Crippen LogP contribution in [0.15, 0.2) is 72.8 Å². The van der Waals surface area contributed by atoms with Gasteiger partial charge in [0.1, 0.15) is 17.5 Å². The fraction of sp³-hybridized carbons (Fsp3) is 0.406. The summed E-state index contributed by atoms with van der Waals surface area (Å²) in [6, 6.07) is 19.4. The van der Waals surface area contributed by atoms with Crippen molar-refractivity contribution >= 4 is 5.78 Å². The van der Waals surface area contributed by atoms with E-state index in [-0.39, 0.29) is 35.1 Å². The number of carbonyl (C=O) groups excluding carboxylic acids is 1. The molecule has 0 atom stereocenters. The van der Waals surface area contributed by atoms with Gasteiger partial charge in [-0.3, -0.25) is 4.79 Å². The first kappa shape index (κ1) is 26.6. The molecule has 2 heterocycles. The summed E-state index contributed by atoms with van der Waals surface area (Å²) in [6.45, 7) is 5.81. The van der Waals surface area contributed by atoms with Crippen LogP contribution in [0, 0.1) is 29.3 Å². The normalized spacial score (nSPS) is 18.2. The van der Waals surface area contributed by atoms with Crippen LogP contribution in [0.25, 0.3) is 0 Å². The average molecular weight is 521 g/mol. The van der Waals surface area contributed by atoms with Crippen molar-refractivity contribution in [2.24, 2.45) is 11.8 Å². The fourth-order valence-electron chi connectivity index (χ4n) is 6.14. The summed E-state index contributed by atoms with van der Waals surface area (Å²) in [5.41, 5.74) is 2.76. The van der Waals surface area contributed by atoms with E-state index in [1.807, 2.05) is 24.3 Å². The zero-order chi connectivity index (χ0) is 26.5. The number of piperidine rings is 2. The molecule has 6 heteroatoms. The molecule has 2 aliphatic rings. The third-order valence-corrected chi connectivity index (χ3v) is 8.38. The molecule has 0 aliphatic carbocycles. The maximum Gasteiger partial charge on any atom is 0.166 e. The zero-order valence-corrected chi connectivity index (χ0v) is 21.7. The first-order valence-electron chi connectivity index (χ1n) is 13.7. The van der Waals surface area contributed by atoms with Crippen LogP contribution in [0.2, 0.25) is 0 Å². The topological polar surface area (TPSA) is 23.6 Å². The van der Waals surface area contributed by atoms with Crippen LogP contribution in [0.3, 0.4) is 0 Å². The lowest BCUT2D eigenvalue weighted by atomic mass is 9.76. The Hall–Kier alpha value is -2.96. The van der Waals surface area contributed by atoms with Gasteiger partial charge in [-0.25, -0.2) is 13.2 Å². The number of rotatable bonds is 8. The molecule has 3 aromatic rings. The highest BCUT2D eigenvalue weighted by atomic mass is 19.1. The van der Waals surface area contributed by atoms with E-state index in [4.69, 9.17) is 0 Å². The number of hydrogen-bond donors (Lipinski definition) is 0. The first-order valence-corrected chi connectivity index (χ1v) is 13.7. The molecule has 2 saturated heterocycles. The maximum absolute atomic E-state index is 13.6. The van der Waals surface area contributed by atoms with Gasteiger partial charge < -0.3 is 9.80 Å². The molecule has 0 N–H and O–H groups in total. The predicted octanol–water partition coefficient (Wildman–Crippen LogP) is 6.54. The lowest BCUT2D eigenvalue weighted by molar-refractivity contribution is 0.0819. The van der Waals surface area contributed by atoms with Crippen molar-refractivity contribution in [3.05, 3.63) is 107 Å². The standard InChI is InChI=1S/C32H35F3N2O/c33-28-7-1-23(2-8-28)31(24-3-9-29(34)10-4-24)25-13-17-36(18-14-25)21-22-37-19-15-27(16-20-37)32(38)26-5-11-30(35)12-6-26/h1-12,25,27,31H,13-22H2. The fourth-order valence-corrected chi connectivity index (χ4v) is 6.14. The number of nitrogens with zero attached hydrogens (tertiary/aromatic N) is 2. The predicted molar refractivity (Wildman–Crippen MR) is 144 cm³/mol. The second kappa shape index (κ2) is 12.3. The van der Waals surface area contributed by atoms with Crippen molar-refractivity contribution in [3.8, 4) is 0 Å². The highest BCUT2D eigenvalue weighted by Gasteiger charge is 2.30. The van der Waals surface area contributed by atoms with E-state index >= 15 is 0 Å². The van der Waals surface area contributed by atoms with E-state index in [9.17, 15) is 18.0 Å². The van der Waals surface area contributed by atoms with Gasteiger partial charge in [0.25, 0.3) is 0 Å². The van der Waals surface area contributed by atoms with Crippen LogP contribution >= 0.6 is 0 Å². The second-order valence-electron chi connectivity index (χ2n) is 10.7. The summed E-state index contributed by atoms with van der Waals surface area (Å²) < 4.78 is 40.4. The summed E-state index contributed by atoms with van der Waals surface area (Å²) in [6.07, 6.45) is 3.76. The van der Waals surface area contributed by atoms with Crippen molar-refractivity contribution in [3.63, 3.8) is 0 Å². The van der Waals surface area contributed by atoms with Gasteiger partial charge in [0, 0.05) is 30.5 Å². The number of ketones is 1. The van der Waals surface area contributed by atoms with E-state index in [1.165, 1.54) is 36.4 Å². The molecule has 2 aliphatic heterocycles. The SMILES string of the molecule is O=C(c1ccc(F)cc1)C1CCN(CCN2CCC(C(c3ccc(F)cc3)c3ccc(F)cc3)CC2)CC1. The quantitative estimate of drug-likeness (QED) is 0.315. The summed E-state index contributed by atoms with van der Waals surface area (Å²) in [4.78, 5) is 17.7. The number of carbonyl (C=O) groups is 1. The average Bonchev–Trinajstić information content (AvgIpc) is 2.95. The molecule has 0 bridgehead atoms. The molecular weight excluding hydrogens is 485 g/mol. The third kappa shape index (κ3) is 6.54. The van der Waals surface area contributed by atoms with Crippen molar-refractivity contribution in [2.45, 2.75) is 31.6 Å². The zero-order valence-electron chi connectivity index (χ0n) is 21.7. The number of benzene rings is 3. The Bertz CT molecular complexity index is 1140. The molecule has 0 amide bonds. The molecule has 0 radical (unpaired) electrons. The van der Waals surface area contributed by atoms with E-state index in [2.05, 4.69) is 9.80 Å². The maximum atomic E-state index is 13.6. The second-order valence-corrected chi connectivity index (χ2v) is 10.7. The van der Waals surface area contributed by atoms with Gasteiger partial charge >= 0.3 is 0 Å². The Balaban J connectivity index is 1.11. The number of halogens is 3. The molecule has 200 valence electrons. The Labute approximate surface area is 223 Å². The number of hydrogen-bond acceptors (Lipinski definition) is 3. The van der Waals surface area contributed by atoms with Gasteiger partial charge in [-0.1, -0.05) is 24.3 Å². The monoisotopic (exact) mass is 520 g/mol. The highest BCUT2D eigenvalue weighted by Crippen LogP contribution is 2.38. The Morgan fingerprint density at radius 1 is 0.632 bits per heavy atom. The van der Waals surface area contributed by atoms with Gasteiger partial charge in [0.2, 0.25) is 0 Å². The van der Waals surface area contributed by atoms with Crippen molar-refractivity contribution in [1.29, 1.82) is 0 Å². The summed E-state index contributed by atoms with van der Waals surface area (Å²) in [5, 5.41) is 0. The molecular formula is C32H35F3N2O.